The topological polar surface area (TPSA) is 32.3 Å². The smallest absolute Gasteiger partial charge is 0.115 e. The lowest BCUT2D eigenvalue weighted by Gasteiger charge is -2.10. The standard InChI is InChI=1S/C11H15NO/c1-8-6-11(12-7-8)9-2-4-10(13)5-3-9/h2-5,8,11-13H,6-7H2,1H3/t8-,11+/m1/s1. The summed E-state index contributed by atoms with van der Waals surface area (Å²) < 4.78 is 0. The molecule has 2 atom stereocenters. The lowest BCUT2D eigenvalue weighted by atomic mass is 10.0. The first kappa shape index (κ1) is 8.57. The van der Waals surface area contributed by atoms with Crippen molar-refractivity contribution in [2.45, 2.75) is 19.4 Å². The maximum absolute atomic E-state index is 9.13. The predicted molar refractivity (Wildman–Crippen MR) is 52.6 cm³/mol. The van der Waals surface area contributed by atoms with Crippen LogP contribution in [0.5, 0.6) is 5.75 Å². The van der Waals surface area contributed by atoms with Crippen LogP contribution in [0, 0.1) is 5.92 Å². The molecule has 13 heavy (non-hydrogen) atoms. The van der Waals surface area contributed by atoms with E-state index in [4.69, 9.17) is 5.11 Å². The van der Waals surface area contributed by atoms with Crippen LogP contribution in [0.3, 0.4) is 0 Å². The molecule has 2 heteroatoms. The van der Waals surface area contributed by atoms with Crippen LogP contribution in [0.1, 0.15) is 24.9 Å². The van der Waals surface area contributed by atoms with Gasteiger partial charge in [0, 0.05) is 6.04 Å². The molecular formula is C11H15NO. The second-order valence-electron chi connectivity index (χ2n) is 3.89. The van der Waals surface area contributed by atoms with Crippen LogP contribution < -0.4 is 5.32 Å². The molecule has 0 amide bonds. The molecule has 1 aromatic rings. The number of benzene rings is 1. The Morgan fingerprint density at radius 2 is 2.00 bits per heavy atom. The van der Waals surface area contributed by atoms with Gasteiger partial charge in [-0.3, -0.25) is 0 Å². The summed E-state index contributed by atoms with van der Waals surface area (Å²) in [6.45, 7) is 3.36. The molecule has 0 saturated carbocycles. The molecule has 1 aliphatic heterocycles. The summed E-state index contributed by atoms with van der Waals surface area (Å²) in [7, 11) is 0. The van der Waals surface area contributed by atoms with E-state index in [1.807, 2.05) is 12.1 Å². The van der Waals surface area contributed by atoms with Crippen molar-refractivity contribution in [1.82, 2.24) is 5.32 Å². The van der Waals surface area contributed by atoms with Gasteiger partial charge in [-0.1, -0.05) is 19.1 Å². The summed E-state index contributed by atoms with van der Waals surface area (Å²) in [5, 5.41) is 12.6. The molecule has 1 fully saturated rings. The summed E-state index contributed by atoms with van der Waals surface area (Å²) in [6, 6.07) is 7.96. The quantitative estimate of drug-likeness (QED) is 0.688. The van der Waals surface area contributed by atoms with Gasteiger partial charge < -0.3 is 10.4 Å². The van der Waals surface area contributed by atoms with Crippen LogP contribution in [-0.4, -0.2) is 11.7 Å². The van der Waals surface area contributed by atoms with Gasteiger partial charge in [0.25, 0.3) is 0 Å². The third kappa shape index (κ3) is 1.83. The zero-order valence-electron chi connectivity index (χ0n) is 7.83. The highest BCUT2D eigenvalue weighted by Gasteiger charge is 2.21. The molecule has 0 unspecified atom stereocenters. The van der Waals surface area contributed by atoms with E-state index in [2.05, 4.69) is 12.2 Å². The maximum Gasteiger partial charge on any atom is 0.115 e. The van der Waals surface area contributed by atoms with E-state index in [1.165, 1.54) is 12.0 Å². The van der Waals surface area contributed by atoms with Gasteiger partial charge in [0.2, 0.25) is 0 Å². The van der Waals surface area contributed by atoms with Gasteiger partial charge >= 0.3 is 0 Å². The van der Waals surface area contributed by atoms with Gasteiger partial charge in [0.05, 0.1) is 0 Å². The molecule has 0 bridgehead atoms. The van der Waals surface area contributed by atoms with Crippen molar-refractivity contribution in [2.24, 2.45) is 5.92 Å². The van der Waals surface area contributed by atoms with Crippen molar-refractivity contribution in [2.75, 3.05) is 6.54 Å². The summed E-state index contributed by atoms with van der Waals surface area (Å²) >= 11 is 0. The largest absolute Gasteiger partial charge is 0.508 e. The molecule has 2 N–H and O–H groups in total. The number of phenolic OH excluding ortho intramolecular Hbond substituents is 1. The fourth-order valence-electron chi connectivity index (χ4n) is 1.87. The van der Waals surface area contributed by atoms with E-state index in [1.54, 1.807) is 12.1 Å². The highest BCUT2D eigenvalue weighted by Crippen LogP contribution is 2.27. The molecule has 1 heterocycles. The Kier molecular flexibility index (Phi) is 2.23. The molecule has 1 aliphatic rings. The third-order valence-corrected chi connectivity index (χ3v) is 2.65. The second kappa shape index (κ2) is 3.38. The second-order valence-corrected chi connectivity index (χ2v) is 3.89. The molecular weight excluding hydrogens is 162 g/mol. The Balaban J connectivity index is 2.13. The molecule has 2 rings (SSSR count). The predicted octanol–water partition coefficient (Wildman–Crippen LogP) is 2.06. The third-order valence-electron chi connectivity index (χ3n) is 2.65. The van der Waals surface area contributed by atoms with Gasteiger partial charge in [-0.25, -0.2) is 0 Å². The molecule has 1 aromatic carbocycles. The molecule has 0 radical (unpaired) electrons. The molecule has 70 valence electrons. The highest BCUT2D eigenvalue weighted by molar-refractivity contribution is 5.28. The Labute approximate surface area is 78.6 Å². The van der Waals surface area contributed by atoms with Crippen LogP contribution >= 0.6 is 0 Å². The number of aromatic hydroxyl groups is 1. The molecule has 2 nitrogen and oxygen atoms in total. The first-order valence-corrected chi connectivity index (χ1v) is 4.78. The Bertz CT molecular complexity index is 281. The average Bonchev–Trinajstić information content (AvgIpc) is 2.53. The fraction of sp³-hybridized carbons (Fsp3) is 0.455. The van der Waals surface area contributed by atoms with Crippen molar-refractivity contribution in [1.29, 1.82) is 0 Å². The SMILES string of the molecule is C[C@H]1CN[C@H](c2ccc(O)cc2)C1. The van der Waals surface area contributed by atoms with Crippen LogP contribution in [0.4, 0.5) is 0 Å². The minimum absolute atomic E-state index is 0.342. The molecule has 0 spiro atoms. The molecule has 1 saturated heterocycles. The van der Waals surface area contributed by atoms with Crippen LogP contribution in [0.25, 0.3) is 0 Å². The number of phenols is 1. The van der Waals surface area contributed by atoms with Crippen LogP contribution in [-0.2, 0) is 0 Å². The first-order chi connectivity index (χ1) is 6.25. The monoisotopic (exact) mass is 177 g/mol. The first-order valence-electron chi connectivity index (χ1n) is 4.78. The fourth-order valence-corrected chi connectivity index (χ4v) is 1.87. The van der Waals surface area contributed by atoms with E-state index < -0.39 is 0 Å². The lowest BCUT2D eigenvalue weighted by molar-refractivity contribution is 0.474. The normalized spacial score (nSPS) is 27.8. The van der Waals surface area contributed by atoms with E-state index >= 15 is 0 Å². The number of hydrogen-bond donors (Lipinski definition) is 2. The van der Waals surface area contributed by atoms with Crippen molar-refractivity contribution < 1.29 is 5.11 Å². The van der Waals surface area contributed by atoms with Gasteiger partial charge in [-0.15, -0.1) is 0 Å². The van der Waals surface area contributed by atoms with Gasteiger partial charge in [0.15, 0.2) is 0 Å². The Morgan fingerprint density at radius 3 is 2.54 bits per heavy atom. The minimum Gasteiger partial charge on any atom is -0.508 e. The average molecular weight is 177 g/mol. The van der Waals surface area contributed by atoms with Crippen LogP contribution in [0.2, 0.25) is 0 Å². The van der Waals surface area contributed by atoms with E-state index in [0.717, 1.165) is 12.5 Å². The number of hydrogen-bond acceptors (Lipinski definition) is 2. The zero-order chi connectivity index (χ0) is 9.26. The maximum atomic E-state index is 9.13. The lowest BCUT2D eigenvalue weighted by Crippen LogP contribution is -2.13. The highest BCUT2D eigenvalue weighted by atomic mass is 16.3. The Hall–Kier alpha value is -1.02. The van der Waals surface area contributed by atoms with Crippen molar-refractivity contribution in [3.8, 4) is 5.75 Å². The van der Waals surface area contributed by atoms with Crippen molar-refractivity contribution in [3.05, 3.63) is 29.8 Å². The van der Waals surface area contributed by atoms with E-state index in [0.29, 0.717) is 11.8 Å². The number of rotatable bonds is 1. The van der Waals surface area contributed by atoms with Gasteiger partial charge in [-0.2, -0.15) is 0 Å². The zero-order valence-corrected chi connectivity index (χ0v) is 7.83. The van der Waals surface area contributed by atoms with E-state index in [9.17, 15) is 0 Å². The van der Waals surface area contributed by atoms with Crippen LogP contribution in [0.15, 0.2) is 24.3 Å². The summed E-state index contributed by atoms with van der Waals surface area (Å²) in [5.74, 6) is 1.11. The summed E-state index contributed by atoms with van der Waals surface area (Å²) in [4.78, 5) is 0. The summed E-state index contributed by atoms with van der Waals surface area (Å²) in [6.07, 6.45) is 1.20. The minimum atomic E-state index is 0.342. The van der Waals surface area contributed by atoms with Gasteiger partial charge in [-0.05, 0) is 36.6 Å². The van der Waals surface area contributed by atoms with Crippen molar-refractivity contribution >= 4 is 0 Å². The van der Waals surface area contributed by atoms with Crippen molar-refractivity contribution in [3.63, 3.8) is 0 Å². The molecule has 0 aliphatic carbocycles. The van der Waals surface area contributed by atoms with E-state index in [-0.39, 0.29) is 0 Å². The summed E-state index contributed by atoms with van der Waals surface area (Å²) in [5.41, 5.74) is 1.28. The number of nitrogens with one attached hydrogen (secondary N) is 1. The van der Waals surface area contributed by atoms with Gasteiger partial charge in [0.1, 0.15) is 5.75 Å². The Morgan fingerprint density at radius 1 is 1.31 bits per heavy atom. The molecule has 0 aromatic heterocycles.